The molecule has 3 heteroatoms. The van der Waals surface area contributed by atoms with Crippen LogP contribution in [0.1, 0.15) is 35.3 Å². The van der Waals surface area contributed by atoms with E-state index in [2.05, 4.69) is 36.8 Å². The zero-order valence-corrected chi connectivity index (χ0v) is 11.4. The molecule has 3 nitrogen and oxygen atoms in total. The lowest BCUT2D eigenvalue weighted by Gasteiger charge is -2.06. The van der Waals surface area contributed by atoms with E-state index < -0.39 is 0 Å². The zero-order chi connectivity index (χ0) is 15.3. The van der Waals surface area contributed by atoms with Crippen LogP contribution in [0.4, 0.5) is 0 Å². The van der Waals surface area contributed by atoms with Crippen LogP contribution in [0.15, 0.2) is 30.4 Å². The predicted molar refractivity (Wildman–Crippen MR) is 78.5 cm³/mol. The van der Waals surface area contributed by atoms with Crippen LogP contribution in [0.3, 0.4) is 0 Å². The van der Waals surface area contributed by atoms with Crippen LogP contribution in [0.25, 0.3) is 0 Å². The van der Waals surface area contributed by atoms with Crippen molar-refractivity contribution in [3.8, 4) is 35.2 Å². The second-order valence-electron chi connectivity index (χ2n) is 4.26. The van der Waals surface area contributed by atoms with Crippen molar-refractivity contribution in [2.24, 2.45) is 0 Å². The SMILES string of the molecule is C=C(C)C#Cc1cc(O)c(C#CC(=C)C)c(C=O)c1O. The molecular weight excluding hydrogens is 252 g/mol. The van der Waals surface area contributed by atoms with Crippen molar-refractivity contribution in [1.29, 1.82) is 0 Å². The molecular formula is C17H14O3. The summed E-state index contributed by atoms with van der Waals surface area (Å²) in [5.41, 5.74) is 1.29. The van der Waals surface area contributed by atoms with E-state index in [1.807, 2.05) is 0 Å². The van der Waals surface area contributed by atoms with Gasteiger partial charge in [0.1, 0.15) is 11.5 Å². The minimum absolute atomic E-state index is 0.0568. The molecule has 0 bridgehead atoms. The van der Waals surface area contributed by atoms with Gasteiger partial charge in [-0.1, -0.05) is 36.8 Å². The molecule has 0 aromatic heterocycles. The van der Waals surface area contributed by atoms with Gasteiger partial charge in [-0.15, -0.1) is 0 Å². The molecule has 2 N–H and O–H groups in total. The molecule has 1 aromatic rings. The average Bonchev–Trinajstić information content (AvgIpc) is 2.37. The summed E-state index contributed by atoms with van der Waals surface area (Å²) in [4.78, 5) is 11.1. The van der Waals surface area contributed by atoms with Gasteiger partial charge in [-0.05, 0) is 25.0 Å². The van der Waals surface area contributed by atoms with Crippen LogP contribution < -0.4 is 0 Å². The fourth-order valence-corrected chi connectivity index (χ4v) is 1.36. The number of rotatable bonds is 1. The topological polar surface area (TPSA) is 57.5 Å². The first kappa shape index (κ1) is 15.1. The van der Waals surface area contributed by atoms with Gasteiger partial charge in [-0.25, -0.2) is 0 Å². The Balaban J connectivity index is 3.55. The Morgan fingerprint density at radius 2 is 1.70 bits per heavy atom. The number of aromatic hydroxyl groups is 2. The molecule has 0 spiro atoms. The summed E-state index contributed by atoms with van der Waals surface area (Å²) in [6, 6.07) is 1.26. The average molecular weight is 266 g/mol. The monoisotopic (exact) mass is 266 g/mol. The lowest BCUT2D eigenvalue weighted by molar-refractivity contribution is 0.112. The van der Waals surface area contributed by atoms with Crippen LogP contribution >= 0.6 is 0 Å². The Kier molecular flexibility index (Phi) is 4.78. The molecule has 1 rings (SSSR count). The van der Waals surface area contributed by atoms with Gasteiger partial charge < -0.3 is 10.2 Å². The van der Waals surface area contributed by atoms with Crippen LogP contribution in [-0.2, 0) is 0 Å². The van der Waals surface area contributed by atoms with E-state index in [4.69, 9.17) is 0 Å². The van der Waals surface area contributed by atoms with E-state index in [0.717, 1.165) is 0 Å². The minimum atomic E-state index is -0.308. The first-order chi connectivity index (χ1) is 9.36. The third-order valence-corrected chi connectivity index (χ3v) is 2.25. The van der Waals surface area contributed by atoms with E-state index in [1.54, 1.807) is 13.8 Å². The number of phenolic OH excluding ortho intramolecular Hbond substituents is 2. The van der Waals surface area contributed by atoms with Crippen molar-refractivity contribution in [3.63, 3.8) is 0 Å². The second-order valence-corrected chi connectivity index (χ2v) is 4.26. The van der Waals surface area contributed by atoms with Crippen molar-refractivity contribution < 1.29 is 15.0 Å². The maximum Gasteiger partial charge on any atom is 0.155 e. The summed E-state index contributed by atoms with van der Waals surface area (Å²) in [6.07, 6.45) is 0.434. The number of allylic oxidation sites excluding steroid dienone is 2. The molecule has 0 unspecified atom stereocenters. The summed E-state index contributed by atoms with van der Waals surface area (Å²) in [5, 5.41) is 19.9. The summed E-state index contributed by atoms with van der Waals surface area (Å²) < 4.78 is 0. The summed E-state index contributed by atoms with van der Waals surface area (Å²) in [6.45, 7) is 10.6. The zero-order valence-electron chi connectivity index (χ0n) is 11.4. The molecule has 0 amide bonds. The Bertz CT molecular complexity index is 717. The molecule has 100 valence electrons. The fourth-order valence-electron chi connectivity index (χ4n) is 1.36. The molecule has 0 fully saturated rings. The third-order valence-electron chi connectivity index (χ3n) is 2.25. The highest BCUT2D eigenvalue weighted by Gasteiger charge is 2.14. The van der Waals surface area contributed by atoms with Crippen LogP contribution in [0.5, 0.6) is 11.5 Å². The minimum Gasteiger partial charge on any atom is -0.507 e. The standard InChI is InChI=1S/C17H14O3/c1-11(2)5-7-13-9-16(19)14(8-6-12(3)4)15(10-18)17(13)20/h9-10,19-20H,1,3H2,2,4H3. The molecule has 0 saturated heterocycles. The van der Waals surface area contributed by atoms with Gasteiger partial charge in [-0.3, -0.25) is 4.79 Å². The molecule has 0 heterocycles. The van der Waals surface area contributed by atoms with Gasteiger partial charge in [-0.2, -0.15) is 0 Å². The van der Waals surface area contributed by atoms with Crippen molar-refractivity contribution >= 4 is 6.29 Å². The maximum absolute atomic E-state index is 11.1. The summed E-state index contributed by atoms with van der Waals surface area (Å²) in [5.74, 6) is 10.0. The Morgan fingerprint density at radius 1 is 1.15 bits per heavy atom. The highest BCUT2D eigenvalue weighted by molar-refractivity contribution is 5.87. The molecule has 0 radical (unpaired) electrons. The normalized spacial score (nSPS) is 8.70. The largest absolute Gasteiger partial charge is 0.507 e. The van der Waals surface area contributed by atoms with Gasteiger partial charge in [0.05, 0.1) is 16.7 Å². The quantitative estimate of drug-likeness (QED) is 0.467. The van der Waals surface area contributed by atoms with Crippen LogP contribution in [-0.4, -0.2) is 16.5 Å². The fraction of sp³-hybridized carbons (Fsp3) is 0.118. The molecule has 0 aliphatic heterocycles. The predicted octanol–water partition coefficient (Wildman–Crippen LogP) is 2.77. The third kappa shape index (κ3) is 3.54. The van der Waals surface area contributed by atoms with E-state index in [1.165, 1.54) is 6.07 Å². The molecule has 0 atom stereocenters. The van der Waals surface area contributed by atoms with Crippen molar-refractivity contribution in [2.45, 2.75) is 13.8 Å². The number of benzene rings is 1. The van der Waals surface area contributed by atoms with E-state index in [-0.39, 0.29) is 28.2 Å². The highest BCUT2D eigenvalue weighted by atomic mass is 16.3. The van der Waals surface area contributed by atoms with Gasteiger partial charge in [0.2, 0.25) is 0 Å². The molecule has 20 heavy (non-hydrogen) atoms. The summed E-state index contributed by atoms with van der Waals surface area (Å²) >= 11 is 0. The van der Waals surface area contributed by atoms with E-state index in [0.29, 0.717) is 17.4 Å². The van der Waals surface area contributed by atoms with Crippen molar-refractivity contribution in [2.75, 3.05) is 0 Å². The number of carbonyl (C=O) groups excluding carboxylic acids is 1. The lowest BCUT2D eigenvalue weighted by atomic mass is 10.0. The lowest BCUT2D eigenvalue weighted by Crippen LogP contribution is -1.93. The Morgan fingerprint density at radius 3 is 2.20 bits per heavy atom. The molecule has 0 aliphatic rings. The first-order valence-corrected chi connectivity index (χ1v) is 5.76. The molecule has 0 aliphatic carbocycles. The summed E-state index contributed by atoms with van der Waals surface area (Å²) in [7, 11) is 0. The van der Waals surface area contributed by atoms with Gasteiger partial charge in [0, 0.05) is 6.07 Å². The van der Waals surface area contributed by atoms with Crippen molar-refractivity contribution in [3.05, 3.63) is 47.1 Å². The number of hydrogen-bond donors (Lipinski definition) is 2. The Labute approximate surface area is 118 Å². The maximum atomic E-state index is 11.1. The number of aldehydes is 1. The number of hydrogen-bond acceptors (Lipinski definition) is 3. The molecule has 0 saturated carbocycles. The van der Waals surface area contributed by atoms with E-state index >= 15 is 0 Å². The Hall–Kier alpha value is -2.91. The highest BCUT2D eigenvalue weighted by Crippen LogP contribution is 2.31. The first-order valence-electron chi connectivity index (χ1n) is 5.76. The number of phenols is 2. The molecule has 1 aromatic carbocycles. The van der Waals surface area contributed by atoms with Gasteiger partial charge in [0.25, 0.3) is 0 Å². The van der Waals surface area contributed by atoms with Crippen molar-refractivity contribution in [1.82, 2.24) is 0 Å². The number of carbonyl (C=O) groups is 1. The smallest absolute Gasteiger partial charge is 0.155 e. The second kappa shape index (κ2) is 6.31. The van der Waals surface area contributed by atoms with E-state index in [9.17, 15) is 15.0 Å². The van der Waals surface area contributed by atoms with Gasteiger partial charge >= 0.3 is 0 Å². The van der Waals surface area contributed by atoms with Gasteiger partial charge in [0.15, 0.2) is 6.29 Å². The van der Waals surface area contributed by atoms with Crippen LogP contribution in [0, 0.1) is 23.7 Å². The van der Waals surface area contributed by atoms with Crippen LogP contribution in [0.2, 0.25) is 0 Å².